The van der Waals surface area contributed by atoms with Gasteiger partial charge < -0.3 is 4.74 Å². The van der Waals surface area contributed by atoms with Crippen LogP contribution in [0.15, 0.2) is 54.6 Å². The maximum Gasteiger partial charge on any atom is 0.358 e. The Morgan fingerprint density at radius 1 is 1.11 bits per heavy atom. The Morgan fingerprint density at radius 3 is 2.71 bits per heavy atom. The Morgan fingerprint density at radius 2 is 1.93 bits per heavy atom. The monoisotopic (exact) mass is 394 g/mol. The first-order chi connectivity index (χ1) is 13.5. The van der Waals surface area contributed by atoms with Crippen molar-refractivity contribution in [1.29, 1.82) is 0 Å². The predicted molar refractivity (Wildman–Crippen MR) is 108 cm³/mol. The van der Waals surface area contributed by atoms with Gasteiger partial charge in [-0.05, 0) is 50.2 Å². The van der Waals surface area contributed by atoms with Gasteiger partial charge in [-0.25, -0.2) is 9.31 Å². The van der Waals surface area contributed by atoms with Gasteiger partial charge in [-0.1, -0.05) is 29.8 Å². The number of benzene rings is 1. The van der Waals surface area contributed by atoms with Crippen molar-refractivity contribution in [2.45, 2.75) is 20.4 Å². The van der Waals surface area contributed by atoms with E-state index in [4.69, 9.17) is 21.4 Å². The van der Waals surface area contributed by atoms with E-state index in [0.717, 1.165) is 28.2 Å². The molecule has 0 spiro atoms. The molecule has 0 unspecified atom stereocenters. The van der Waals surface area contributed by atoms with E-state index in [1.165, 1.54) is 0 Å². The van der Waals surface area contributed by atoms with Gasteiger partial charge in [-0.15, -0.1) is 0 Å². The van der Waals surface area contributed by atoms with Crippen LogP contribution in [0.5, 0.6) is 0 Å². The van der Waals surface area contributed by atoms with Crippen LogP contribution in [0.1, 0.15) is 28.8 Å². The SMILES string of the molecule is CCOC(=O)c1cc(C)n(Cc2cccc3cc(-c4cccc(Cl)c4)nn23)n1. The number of carbonyl (C=O) groups is 1. The third kappa shape index (κ3) is 3.51. The number of nitrogens with zero attached hydrogens (tertiary/aromatic N) is 4. The Bertz CT molecular complexity index is 1160. The Balaban J connectivity index is 1.69. The molecule has 4 rings (SSSR count). The molecule has 3 aromatic heterocycles. The molecule has 0 amide bonds. The molecule has 1 aromatic carbocycles. The fourth-order valence-electron chi connectivity index (χ4n) is 3.11. The summed E-state index contributed by atoms with van der Waals surface area (Å²) in [5.74, 6) is -0.412. The van der Waals surface area contributed by atoms with Crippen LogP contribution in [0, 0.1) is 6.92 Å². The van der Waals surface area contributed by atoms with Crippen LogP contribution in [0.2, 0.25) is 5.02 Å². The first-order valence-electron chi connectivity index (χ1n) is 9.00. The lowest BCUT2D eigenvalue weighted by atomic mass is 10.1. The van der Waals surface area contributed by atoms with Crippen LogP contribution in [-0.2, 0) is 11.3 Å². The number of aryl methyl sites for hydroxylation is 1. The van der Waals surface area contributed by atoms with Crippen molar-refractivity contribution < 1.29 is 9.53 Å². The molecule has 142 valence electrons. The third-order valence-electron chi connectivity index (χ3n) is 4.46. The highest BCUT2D eigenvalue weighted by Crippen LogP contribution is 2.23. The molecule has 0 aliphatic heterocycles. The molecular weight excluding hydrogens is 376 g/mol. The standard InChI is InChI=1S/C21H19ClN4O2/c1-3-28-21(27)20-10-14(2)25(23-20)13-18-9-5-8-17-12-19(24-26(17)18)15-6-4-7-16(22)11-15/h4-12H,3,13H2,1-2H3. The van der Waals surface area contributed by atoms with Crippen molar-refractivity contribution in [2.75, 3.05) is 6.61 Å². The number of hydrogen-bond acceptors (Lipinski definition) is 4. The Hall–Kier alpha value is -3.12. The van der Waals surface area contributed by atoms with Crippen LogP contribution in [-0.4, -0.2) is 32.0 Å². The number of aromatic nitrogens is 4. The van der Waals surface area contributed by atoms with E-state index in [0.29, 0.717) is 23.9 Å². The zero-order valence-electron chi connectivity index (χ0n) is 15.6. The number of carbonyl (C=O) groups excluding carboxylic acids is 1. The molecule has 0 aliphatic rings. The molecule has 0 radical (unpaired) electrons. The fraction of sp³-hybridized carbons (Fsp3) is 0.190. The number of ether oxygens (including phenoxy) is 1. The largest absolute Gasteiger partial charge is 0.461 e. The van der Waals surface area contributed by atoms with Crippen molar-refractivity contribution >= 4 is 23.1 Å². The maximum absolute atomic E-state index is 11.9. The lowest BCUT2D eigenvalue weighted by molar-refractivity contribution is 0.0518. The lowest BCUT2D eigenvalue weighted by Crippen LogP contribution is -2.10. The van der Waals surface area contributed by atoms with E-state index in [-0.39, 0.29) is 0 Å². The fourth-order valence-corrected chi connectivity index (χ4v) is 3.30. The van der Waals surface area contributed by atoms with Crippen LogP contribution in [0.3, 0.4) is 0 Å². The number of rotatable bonds is 5. The highest BCUT2D eigenvalue weighted by atomic mass is 35.5. The third-order valence-corrected chi connectivity index (χ3v) is 4.70. The number of pyridine rings is 1. The van der Waals surface area contributed by atoms with Gasteiger partial charge in [0, 0.05) is 16.3 Å². The van der Waals surface area contributed by atoms with Gasteiger partial charge in [0.25, 0.3) is 0 Å². The summed E-state index contributed by atoms with van der Waals surface area (Å²) in [6, 6.07) is 17.4. The van der Waals surface area contributed by atoms with Crippen molar-refractivity contribution in [3.8, 4) is 11.3 Å². The first kappa shape index (κ1) is 18.3. The lowest BCUT2D eigenvalue weighted by Gasteiger charge is -2.07. The van der Waals surface area contributed by atoms with E-state index < -0.39 is 5.97 Å². The molecule has 4 aromatic rings. The zero-order valence-corrected chi connectivity index (χ0v) is 16.3. The first-order valence-corrected chi connectivity index (χ1v) is 9.38. The normalized spacial score (nSPS) is 11.1. The number of halogens is 1. The van der Waals surface area contributed by atoms with E-state index in [1.807, 2.05) is 60.0 Å². The van der Waals surface area contributed by atoms with E-state index >= 15 is 0 Å². The van der Waals surface area contributed by atoms with Crippen molar-refractivity contribution in [1.82, 2.24) is 19.4 Å². The molecule has 0 fully saturated rings. The summed E-state index contributed by atoms with van der Waals surface area (Å²) in [5, 5.41) is 9.81. The summed E-state index contributed by atoms with van der Waals surface area (Å²) in [7, 11) is 0. The molecule has 3 heterocycles. The van der Waals surface area contributed by atoms with Gasteiger partial charge in [-0.3, -0.25) is 4.68 Å². The summed E-state index contributed by atoms with van der Waals surface area (Å²) < 4.78 is 8.71. The molecule has 0 aliphatic carbocycles. The highest BCUT2D eigenvalue weighted by Gasteiger charge is 2.15. The second-order valence-corrected chi connectivity index (χ2v) is 6.88. The van der Waals surface area contributed by atoms with Gasteiger partial charge in [0.05, 0.1) is 30.1 Å². The molecular formula is C21H19ClN4O2. The zero-order chi connectivity index (χ0) is 19.7. The molecule has 0 saturated heterocycles. The molecule has 0 saturated carbocycles. The summed E-state index contributed by atoms with van der Waals surface area (Å²) in [4.78, 5) is 11.9. The van der Waals surface area contributed by atoms with Crippen molar-refractivity contribution in [3.05, 3.63) is 76.7 Å². The summed E-state index contributed by atoms with van der Waals surface area (Å²) in [6.07, 6.45) is 0. The minimum absolute atomic E-state index is 0.312. The molecule has 28 heavy (non-hydrogen) atoms. The van der Waals surface area contributed by atoms with E-state index in [2.05, 4.69) is 5.10 Å². The second kappa shape index (κ2) is 7.48. The van der Waals surface area contributed by atoms with E-state index in [1.54, 1.807) is 17.7 Å². The number of fused-ring (bicyclic) bond motifs is 1. The highest BCUT2D eigenvalue weighted by molar-refractivity contribution is 6.30. The van der Waals surface area contributed by atoms with Crippen molar-refractivity contribution in [2.24, 2.45) is 0 Å². The number of hydrogen-bond donors (Lipinski definition) is 0. The van der Waals surface area contributed by atoms with Crippen LogP contribution in [0.4, 0.5) is 0 Å². The minimum Gasteiger partial charge on any atom is -0.461 e. The maximum atomic E-state index is 11.9. The molecule has 0 atom stereocenters. The van der Waals surface area contributed by atoms with Crippen LogP contribution < -0.4 is 0 Å². The van der Waals surface area contributed by atoms with Gasteiger partial charge in [0.1, 0.15) is 0 Å². The second-order valence-electron chi connectivity index (χ2n) is 6.44. The molecule has 6 nitrogen and oxygen atoms in total. The predicted octanol–water partition coefficient (Wildman–Crippen LogP) is 4.38. The van der Waals surface area contributed by atoms with E-state index in [9.17, 15) is 4.79 Å². The summed E-state index contributed by atoms with van der Waals surface area (Å²) in [5.41, 5.74) is 4.92. The average Bonchev–Trinajstić information content (AvgIpc) is 3.27. The van der Waals surface area contributed by atoms with Gasteiger partial charge in [0.15, 0.2) is 5.69 Å². The Labute approximate surface area is 167 Å². The number of esters is 1. The summed E-state index contributed by atoms with van der Waals surface area (Å²) in [6.45, 7) is 4.50. The van der Waals surface area contributed by atoms with Crippen LogP contribution >= 0.6 is 11.6 Å². The molecule has 0 bridgehead atoms. The van der Waals surface area contributed by atoms with Gasteiger partial charge in [0.2, 0.25) is 0 Å². The van der Waals surface area contributed by atoms with Crippen LogP contribution in [0.25, 0.3) is 16.8 Å². The quantitative estimate of drug-likeness (QED) is 0.471. The van der Waals surface area contributed by atoms with Gasteiger partial charge in [-0.2, -0.15) is 10.2 Å². The smallest absolute Gasteiger partial charge is 0.358 e. The Kier molecular flexibility index (Phi) is 4.88. The topological polar surface area (TPSA) is 61.4 Å². The van der Waals surface area contributed by atoms with Crippen molar-refractivity contribution in [3.63, 3.8) is 0 Å². The minimum atomic E-state index is -0.412. The average molecular weight is 395 g/mol. The molecule has 7 heteroatoms. The summed E-state index contributed by atoms with van der Waals surface area (Å²) >= 11 is 6.12. The van der Waals surface area contributed by atoms with Gasteiger partial charge >= 0.3 is 5.97 Å². The molecule has 0 N–H and O–H groups in total.